The van der Waals surface area contributed by atoms with Crippen molar-refractivity contribution < 1.29 is 14.7 Å². The number of aromatic nitrogens is 1. The number of nitrogens with zero attached hydrogens (tertiary/aromatic N) is 2. The molecule has 0 spiro atoms. The number of hydrogen-bond acceptors (Lipinski definition) is 4. The molecule has 2 aromatic carbocycles. The van der Waals surface area contributed by atoms with Crippen molar-refractivity contribution in [3.05, 3.63) is 65.9 Å². The van der Waals surface area contributed by atoms with Gasteiger partial charge in [0.1, 0.15) is 12.4 Å². The molecule has 6 nitrogen and oxygen atoms in total. The van der Waals surface area contributed by atoms with E-state index in [0.717, 1.165) is 35.0 Å². The molecule has 1 amide bonds. The van der Waals surface area contributed by atoms with E-state index in [-0.39, 0.29) is 0 Å². The van der Waals surface area contributed by atoms with E-state index in [9.17, 15) is 4.79 Å². The SMILES string of the molecule is O=C(NO)c1ccc2ccn(CCOc3cccc(CN4CC[C@@H]5C[C@H]5CC4)c3)c2c1. The first-order valence-electron chi connectivity index (χ1n) is 11.2. The summed E-state index contributed by atoms with van der Waals surface area (Å²) in [6.07, 6.45) is 6.17. The van der Waals surface area contributed by atoms with E-state index in [0.29, 0.717) is 18.7 Å². The van der Waals surface area contributed by atoms with Crippen LogP contribution in [0.5, 0.6) is 5.75 Å². The molecule has 0 bridgehead atoms. The number of nitrogens with one attached hydrogen (secondary N) is 1. The van der Waals surface area contributed by atoms with Crippen molar-refractivity contribution >= 4 is 16.8 Å². The molecule has 3 aromatic rings. The summed E-state index contributed by atoms with van der Waals surface area (Å²) in [4.78, 5) is 14.3. The van der Waals surface area contributed by atoms with Crippen LogP contribution in [-0.4, -0.2) is 40.3 Å². The van der Waals surface area contributed by atoms with Crippen molar-refractivity contribution in [1.29, 1.82) is 0 Å². The van der Waals surface area contributed by atoms with Crippen LogP contribution in [-0.2, 0) is 13.1 Å². The summed E-state index contributed by atoms with van der Waals surface area (Å²) in [6.45, 7) is 4.63. The summed E-state index contributed by atoms with van der Waals surface area (Å²) in [7, 11) is 0. The van der Waals surface area contributed by atoms with Crippen molar-refractivity contribution in [2.45, 2.75) is 32.4 Å². The van der Waals surface area contributed by atoms with Crippen molar-refractivity contribution in [2.75, 3.05) is 19.7 Å². The van der Waals surface area contributed by atoms with Crippen LogP contribution >= 0.6 is 0 Å². The molecule has 0 unspecified atom stereocenters. The minimum absolute atomic E-state index is 0.425. The summed E-state index contributed by atoms with van der Waals surface area (Å²) in [5.74, 6) is 2.38. The molecule has 2 aliphatic rings. The quantitative estimate of drug-likeness (QED) is 0.448. The zero-order valence-corrected chi connectivity index (χ0v) is 17.7. The first-order valence-corrected chi connectivity index (χ1v) is 11.2. The molecule has 2 heterocycles. The fraction of sp³-hybridized carbons (Fsp3) is 0.400. The maximum absolute atomic E-state index is 11.7. The highest BCUT2D eigenvalue weighted by molar-refractivity contribution is 5.97. The summed E-state index contributed by atoms with van der Waals surface area (Å²) in [5.41, 5.74) is 4.36. The first-order chi connectivity index (χ1) is 15.2. The second kappa shape index (κ2) is 8.73. The Bertz CT molecular complexity index is 1060. The summed E-state index contributed by atoms with van der Waals surface area (Å²) >= 11 is 0. The average molecular weight is 420 g/mol. The Balaban J connectivity index is 1.19. The number of amides is 1. The van der Waals surface area contributed by atoms with Crippen LogP contribution in [0.4, 0.5) is 0 Å². The fourth-order valence-corrected chi connectivity index (χ4v) is 4.82. The lowest BCUT2D eigenvalue weighted by Gasteiger charge is -2.21. The van der Waals surface area contributed by atoms with E-state index >= 15 is 0 Å². The standard InChI is InChI=1S/C25H29N3O3/c29-25(26-30)22-5-4-19-8-11-28(24(19)16-22)12-13-31-23-3-1-2-18(14-23)17-27-9-6-20-15-21(20)7-10-27/h1-5,8,11,14,16,20-21,30H,6-7,9-10,12-13,15,17H2,(H,26,29)/t20-,21-/m1/s1. The molecule has 5 rings (SSSR count). The summed E-state index contributed by atoms with van der Waals surface area (Å²) in [5, 5.41) is 9.92. The highest BCUT2D eigenvalue weighted by Gasteiger charge is 2.38. The van der Waals surface area contributed by atoms with E-state index in [1.807, 2.05) is 24.4 Å². The van der Waals surface area contributed by atoms with E-state index in [1.54, 1.807) is 17.6 Å². The average Bonchev–Trinajstić information content (AvgIpc) is 3.47. The lowest BCUT2D eigenvalue weighted by molar-refractivity contribution is 0.0706. The molecule has 2 fully saturated rings. The molecule has 1 aromatic heterocycles. The fourth-order valence-electron chi connectivity index (χ4n) is 4.82. The van der Waals surface area contributed by atoms with Gasteiger partial charge in [0, 0.05) is 23.8 Å². The predicted molar refractivity (Wildman–Crippen MR) is 119 cm³/mol. The van der Waals surface area contributed by atoms with Crippen LogP contribution in [0.15, 0.2) is 54.7 Å². The molecule has 1 aliphatic carbocycles. The minimum atomic E-state index is -0.510. The Kier molecular flexibility index (Phi) is 5.66. The van der Waals surface area contributed by atoms with E-state index < -0.39 is 5.91 Å². The monoisotopic (exact) mass is 419 g/mol. The van der Waals surface area contributed by atoms with Crippen LogP contribution in [0.25, 0.3) is 10.9 Å². The third-order valence-electron chi connectivity index (χ3n) is 6.74. The molecule has 2 N–H and O–H groups in total. The third kappa shape index (κ3) is 4.60. The van der Waals surface area contributed by atoms with Crippen LogP contribution < -0.4 is 10.2 Å². The number of benzene rings is 2. The number of hydroxylamine groups is 1. The van der Waals surface area contributed by atoms with Gasteiger partial charge in [0.05, 0.1) is 6.54 Å². The Labute approximate surface area is 182 Å². The van der Waals surface area contributed by atoms with Gasteiger partial charge in [-0.25, -0.2) is 5.48 Å². The Morgan fingerprint density at radius 2 is 1.94 bits per heavy atom. The Morgan fingerprint density at radius 3 is 2.74 bits per heavy atom. The number of likely N-dealkylation sites (tertiary alicyclic amines) is 1. The van der Waals surface area contributed by atoms with Gasteiger partial charge in [0.15, 0.2) is 0 Å². The van der Waals surface area contributed by atoms with E-state index in [2.05, 4.69) is 27.7 Å². The Hall–Kier alpha value is -2.83. The first kappa shape index (κ1) is 20.1. The molecule has 1 saturated heterocycles. The van der Waals surface area contributed by atoms with Gasteiger partial charge in [-0.2, -0.15) is 0 Å². The smallest absolute Gasteiger partial charge is 0.274 e. The van der Waals surface area contributed by atoms with Crippen molar-refractivity contribution in [2.24, 2.45) is 11.8 Å². The Morgan fingerprint density at radius 1 is 1.10 bits per heavy atom. The maximum atomic E-state index is 11.7. The topological polar surface area (TPSA) is 66.7 Å². The predicted octanol–water partition coefficient (Wildman–Crippen LogP) is 4.07. The van der Waals surface area contributed by atoms with Crippen LogP contribution in [0.3, 0.4) is 0 Å². The molecule has 162 valence electrons. The van der Waals surface area contributed by atoms with E-state index in [4.69, 9.17) is 9.94 Å². The number of carbonyl (C=O) groups excluding carboxylic acids is 1. The molecule has 6 heteroatoms. The molecular formula is C25H29N3O3. The molecule has 1 saturated carbocycles. The van der Waals surface area contributed by atoms with Gasteiger partial charge in [-0.15, -0.1) is 0 Å². The van der Waals surface area contributed by atoms with Gasteiger partial charge < -0.3 is 9.30 Å². The van der Waals surface area contributed by atoms with E-state index in [1.165, 1.54) is 37.9 Å². The molecular weight excluding hydrogens is 390 g/mol. The molecule has 1 aliphatic heterocycles. The second-order valence-corrected chi connectivity index (χ2v) is 8.83. The van der Waals surface area contributed by atoms with Gasteiger partial charge in [0.25, 0.3) is 5.91 Å². The number of hydrogen-bond donors (Lipinski definition) is 2. The van der Waals surface area contributed by atoms with Gasteiger partial charge in [-0.3, -0.25) is 14.9 Å². The maximum Gasteiger partial charge on any atom is 0.274 e. The normalized spacial score (nSPS) is 20.8. The minimum Gasteiger partial charge on any atom is -0.492 e. The number of fused-ring (bicyclic) bond motifs is 2. The number of carbonyl (C=O) groups is 1. The van der Waals surface area contributed by atoms with Gasteiger partial charge in [-0.1, -0.05) is 18.2 Å². The molecule has 31 heavy (non-hydrogen) atoms. The van der Waals surface area contributed by atoms with Gasteiger partial charge in [0.2, 0.25) is 0 Å². The lowest BCUT2D eigenvalue weighted by atomic mass is 10.1. The second-order valence-electron chi connectivity index (χ2n) is 8.83. The highest BCUT2D eigenvalue weighted by atomic mass is 16.5. The highest BCUT2D eigenvalue weighted by Crippen LogP contribution is 2.45. The van der Waals surface area contributed by atoms with Crippen LogP contribution in [0.2, 0.25) is 0 Å². The number of rotatable bonds is 7. The third-order valence-corrected chi connectivity index (χ3v) is 6.74. The van der Waals surface area contributed by atoms with Crippen molar-refractivity contribution in [3.8, 4) is 5.75 Å². The molecule has 0 radical (unpaired) electrons. The van der Waals surface area contributed by atoms with Gasteiger partial charge >= 0.3 is 0 Å². The molecule has 2 atom stereocenters. The summed E-state index contributed by atoms with van der Waals surface area (Å²) in [6, 6.07) is 15.8. The largest absolute Gasteiger partial charge is 0.492 e. The van der Waals surface area contributed by atoms with Gasteiger partial charge in [-0.05, 0) is 85.5 Å². The zero-order valence-electron chi connectivity index (χ0n) is 17.7. The zero-order chi connectivity index (χ0) is 21.2. The van der Waals surface area contributed by atoms with Crippen LogP contribution in [0.1, 0.15) is 35.2 Å². The lowest BCUT2D eigenvalue weighted by Crippen LogP contribution is -2.24. The summed E-state index contributed by atoms with van der Waals surface area (Å²) < 4.78 is 8.11. The van der Waals surface area contributed by atoms with Crippen molar-refractivity contribution in [1.82, 2.24) is 14.9 Å². The van der Waals surface area contributed by atoms with Crippen molar-refractivity contribution in [3.63, 3.8) is 0 Å². The van der Waals surface area contributed by atoms with Crippen LogP contribution in [0, 0.1) is 11.8 Å². The number of ether oxygens (including phenoxy) is 1.